The summed E-state index contributed by atoms with van der Waals surface area (Å²) < 4.78 is 11.4. The van der Waals surface area contributed by atoms with Crippen molar-refractivity contribution in [3.8, 4) is 11.5 Å². The minimum Gasteiger partial charge on any atom is -0.490 e. The Hall–Kier alpha value is -1.59. The summed E-state index contributed by atoms with van der Waals surface area (Å²) >= 11 is 23.7. The highest BCUT2D eigenvalue weighted by Crippen LogP contribution is 2.37. The fourth-order valence-electron chi connectivity index (χ4n) is 2.69. The van der Waals surface area contributed by atoms with E-state index in [1.807, 2.05) is 12.1 Å². The molecule has 0 fully saturated rings. The Kier molecular flexibility index (Phi) is 12.7. The first-order valence-corrected chi connectivity index (χ1v) is 12.0. The highest BCUT2D eigenvalue weighted by atomic mass is 35.5. The van der Waals surface area contributed by atoms with Crippen LogP contribution in [-0.2, 0) is 11.3 Å². The summed E-state index contributed by atoms with van der Waals surface area (Å²) in [5.41, 5.74) is 2.28. The fraction of sp³-hybridized carbons (Fsp3) is 0.375. The Morgan fingerprint density at radius 3 is 2.31 bits per heavy atom. The molecule has 8 heteroatoms. The number of unbranched alkanes of at least 4 members (excludes halogenated alkanes) is 2. The number of benzene rings is 2. The summed E-state index contributed by atoms with van der Waals surface area (Å²) in [4.78, 5) is 5.20. The summed E-state index contributed by atoms with van der Waals surface area (Å²) in [5.74, 6) is 0.968. The van der Waals surface area contributed by atoms with Gasteiger partial charge in [-0.1, -0.05) is 89.2 Å². The molecule has 0 radical (unpaired) electrons. The monoisotopic (exact) mass is 517 g/mol. The van der Waals surface area contributed by atoms with Crippen molar-refractivity contribution in [3.05, 3.63) is 68.1 Å². The Labute approximate surface area is 210 Å². The summed E-state index contributed by atoms with van der Waals surface area (Å²) in [6, 6.07) is 11.6. The van der Waals surface area contributed by atoms with E-state index in [-0.39, 0.29) is 11.1 Å². The number of aryl methyl sites for hydroxylation is 1. The van der Waals surface area contributed by atoms with Crippen LogP contribution in [0.4, 0.5) is 0 Å². The van der Waals surface area contributed by atoms with Crippen molar-refractivity contribution in [1.82, 2.24) is 0 Å². The zero-order valence-electron chi connectivity index (χ0n) is 18.0. The normalized spacial score (nSPS) is 10.9. The largest absolute Gasteiger partial charge is 0.490 e. The van der Waals surface area contributed by atoms with Gasteiger partial charge in [-0.3, -0.25) is 0 Å². The second-order valence-electron chi connectivity index (χ2n) is 6.99. The maximum absolute atomic E-state index is 6.28. The van der Waals surface area contributed by atoms with Crippen LogP contribution in [0, 0.1) is 0 Å². The third kappa shape index (κ3) is 10.4. The number of hydrogen-bond donors (Lipinski definition) is 0. The zero-order valence-corrected chi connectivity index (χ0v) is 21.0. The van der Waals surface area contributed by atoms with Gasteiger partial charge in [-0.05, 0) is 42.9 Å². The molecule has 0 aromatic heterocycles. The van der Waals surface area contributed by atoms with Crippen LogP contribution in [-0.4, -0.2) is 26.0 Å². The molecule has 32 heavy (non-hydrogen) atoms. The molecular formula is C24H27Cl4NO3. The summed E-state index contributed by atoms with van der Waals surface area (Å²) in [6.45, 7) is 3.51. The molecule has 0 N–H and O–H groups in total. The molecule has 174 valence electrons. The minimum absolute atomic E-state index is 0.138. The molecule has 0 aliphatic carbocycles. The van der Waals surface area contributed by atoms with Crippen LogP contribution in [0.2, 0.25) is 10.0 Å². The molecular weight excluding hydrogens is 492 g/mol. The Morgan fingerprint density at radius 2 is 1.66 bits per heavy atom. The number of ether oxygens (including phenoxy) is 2. The first-order valence-electron chi connectivity index (χ1n) is 10.5. The second kappa shape index (κ2) is 15.3. The van der Waals surface area contributed by atoms with Gasteiger partial charge in [0.25, 0.3) is 0 Å². The number of oxime groups is 1. The predicted octanol–water partition coefficient (Wildman–Crippen LogP) is 8.24. The molecule has 0 bridgehead atoms. The Balaban J connectivity index is 1.71. The van der Waals surface area contributed by atoms with Gasteiger partial charge in [-0.15, -0.1) is 0 Å². The lowest BCUT2D eigenvalue weighted by molar-refractivity contribution is 0.143. The third-order valence-corrected chi connectivity index (χ3v) is 5.28. The van der Waals surface area contributed by atoms with E-state index in [0.717, 1.165) is 37.7 Å². The molecule has 0 atom stereocenters. The van der Waals surface area contributed by atoms with Crippen molar-refractivity contribution in [1.29, 1.82) is 0 Å². The molecule has 4 nitrogen and oxygen atoms in total. The number of rotatable bonds is 14. The summed E-state index contributed by atoms with van der Waals surface area (Å²) in [7, 11) is 0. The molecule has 0 amide bonds. The first-order chi connectivity index (χ1) is 15.5. The van der Waals surface area contributed by atoms with Gasteiger partial charge in [0.1, 0.15) is 23.5 Å². The molecule has 2 aromatic carbocycles. The van der Waals surface area contributed by atoms with Crippen molar-refractivity contribution in [2.45, 2.75) is 39.0 Å². The fourth-order valence-corrected chi connectivity index (χ4v) is 3.40. The van der Waals surface area contributed by atoms with Crippen molar-refractivity contribution in [2.75, 3.05) is 19.8 Å². The van der Waals surface area contributed by atoms with E-state index in [0.29, 0.717) is 34.8 Å². The third-order valence-electron chi connectivity index (χ3n) is 4.41. The predicted molar refractivity (Wildman–Crippen MR) is 135 cm³/mol. The quantitative estimate of drug-likeness (QED) is 0.143. The van der Waals surface area contributed by atoms with Crippen LogP contribution >= 0.6 is 46.4 Å². The molecule has 2 rings (SSSR count). The van der Waals surface area contributed by atoms with Crippen LogP contribution in [0.5, 0.6) is 11.5 Å². The number of halogens is 4. The van der Waals surface area contributed by atoms with Crippen LogP contribution in [0.15, 0.2) is 52.1 Å². The van der Waals surface area contributed by atoms with E-state index in [1.54, 1.807) is 18.3 Å². The van der Waals surface area contributed by atoms with E-state index in [9.17, 15) is 0 Å². The van der Waals surface area contributed by atoms with E-state index in [1.165, 1.54) is 11.6 Å². The zero-order chi connectivity index (χ0) is 23.2. The average molecular weight is 519 g/mol. The highest BCUT2D eigenvalue weighted by molar-refractivity contribution is 6.55. The van der Waals surface area contributed by atoms with Gasteiger partial charge in [-0.25, -0.2) is 0 Å². The molecule has 0 unspecified atom stereocenters. The van der Waals surface area contributed by atoms with E-state index in [2.05, 4.69) is 24.2 Å². The SMILES string of the molecule is CCCCON=Cc1ccc(CCCCOc2c(Cl)cc(OCC=C(Cl)Cl)cc2Cl)cc1. The van der Waals surface area contributed by atoms with Gasteiger partial charge < -0.3 is 14.3 Å². The summed E-state index contributed by atoms with van der Waals surface area (Å²) in [6.07, 6.45) is 8.19. The Morgan fingerprint density at radius 1 is 0.938 bits per heavy atom. The van der Waals surface area contributed by atoms with Crippen LogP contribution < -0.4 is 9.47 Å². The maximum Gasteiger partial charge on any atom is 0.156 e. The molecule has 0 aliphatic heterocycles. The first kappa shape index (κ1) is 26.7. The molecule has 2 aromatic rings. The number of hydrogen-bond acceptors (Lipinski definition) is 4. The molecule has 0 saturated carbocycles. The molecule has 0 spiro atoms. The van der Waals surface area contributed by atoms with Crippen molar-refractivity contribution < 1.29 is 14.3 Å². The standard InChI is InChI=1S/C24H27Cl4NO3/c1-2-3-13-32-29-17-19-9-7-18(8-10-19)6-4-5-12-31-24-21(25)15-20(16-22(24)26)30-14-11-23(27)28/h7-11,15-17H,2-6,12-14H2,1H3. The van der Waals surface area contributed by atoms with Gasteiger partial charge in [0.2, 0.25) is 0 Å². The van der Waals surface area contributed by atoms with E-state index in [4.69, 9.17) is 60.7 Å². The van der Waals surface area contributed by atoms with Gasteiger partial charge in [0.15, 0.2) is 5.75 Å². The maximum atomic E-state index is 6.28. The summed E-state index contributed by atoms with van der Waals surface area (Å²) in [5, 5.41) is 4.77. The minimum atomic E-state index is 0.138. The second-order valence-corrected chi connectivity index (χ2v) is 8.81. The van der Waals surface area contributed by atoms with Crippen LogP contribution in [0.3, 0.4) is 0 Å². The van der Waals surface area contributed by atoms with Crippen molar-refractivity contribution in [2.24, 2.45) is 5.16 Å². The smallest absolute Gasteiger partial charge is 0.156 e. The average Bonchev–Trinajstić information content (AvgIpc) is 2.75. The lowest BCUT2D eigenvalue weighted by atomic mass is 10.1. The van der Waals surface area contributed by atoms with E-state index < -0.39 is 0 Å². The Bertz CT molecular complexity index is 858. The van der Waals surface area contributed by atoms with Gasteiger partial charge in [0.05, 0.1) is 22.9 Å². The lowest BCUT2D eigenvalue weighted by Crippen LogP contribution is -2.00. The van der Waals surface area contributed by atoms with Crippen LogP contribution in [0.1, 0.15) is 43.7 Å². The molecule has 0 saturated heterocycles. The highest BCUT2D eigenvalue weighted by Gasteiger charge is 2.10. The van der Waals surface area contributed by atoms with Crippen molar-refractivity contribution in [3.63, 3.8) is 0 Å². The molecule has 0 heterocycles. The van der Waals surface area contributed by atoms with Crippen molar-refractivity contribution >= 4 is 52.6 Å². The van der Waals surface area contributed by atoms with Gasteiger partial charge in [-0.2, -0.15) is 0 Å². The van der Waals surface area contributed by atoms with Gasteiger partial charge >= 0.3 is 0 Å². The topological polar surface area (TPSA) is 40.0 Å². The number of nitrogens with zero attached hydrogens (tertiary/aromatic N) is 1. The van der Waals surface area contributed by atoms with Gasteiger partial charge in [0, 0.05) is 12.1 Å². The lowest BCUT2D eigenvalue weighted by Gasteiger charge is -2.12. The van der Waals surface area contributed by atoms with Crippen LogP contribution in [0.25, 0.3) is 0 Å². The van der Waals surface area contributed by atoms with E-state index >= 15 is 0 Å². The molecule has 0 aliphatic rings.